The second-order valence-electron chi connectivity index (χ2n) is 5.22. The van der Waals surface area contributed by atoms with Gasteiger partial charge in [-0.15, -0.1) is 0 Å². The van der Waals surface area contributed by atoms with E-state index in [9.17, 15) is 18.4 Å². The van der Waals surface area contributed by atoms with Gasteiger partial charge in [0.25, 0.3) is 0 Å². The molecular weight excluding hydrogens is 320 g/mol. The van der Waals surface area contributed by atoms with Crippen molar-refractivity contribution in [1.82, 2.24) is 0 Å². The van der Waals surface area contributed by atoms with Crippen molar-refractivity contribution < 1.29 is 27.8 Å². The van der Waals surface area contributed by atoms with Crippen molar-refractivity contribution in [2.24, 2.45) is 0 Å². The summed E-state index contributed by atoms with van der Waals surface area (Å²) in [6, 6.07) is 3.43. The molecule has 0 aliphatic heterocycles. The van der Waals surface area contributed by atoms with Gasteiger partial charge in [0, 0.05) is 24.0 Å². The van der Waals surface area contributed by atoms with Crippen LogP contribution in [0, 0.1) is 11.6 Å². The number of benzene rings is 1. The van der Waals surface area contributed by atoms with E-state index in [0.717, 1.165) is 25.0 Å². The Morgan fingerprint density at radius 1 is 1.12 bits per heavy atom. The Hall–Kier alpha value is -2.44. The SMILES string of the molecule is CCOC(=O)C(=CN(c1ccc(F)c(F)c1)C1CC1)C(=O)OCC. The van der Waals surface area contributed by atoms with Gasteiger partial charge in [-0.2, -0.15) is 0 Å². The first-order chi connectivity index (χ1) is 11.5. The van der Waals surface area contributed by atoms with Crippen molar-refractivity contribution in [2.75, 3.05) is 18.1 Å². The van der Waals surface area contributed by atoms with E-state index in [1.807, 2.05) is 0 Å². The number of carbonyl (C=O) groups is 2. The van der Waals surface area contributed by atoms with Gasteiger partial charge < -0.3 is 14.4 Å². The lowest BCUT2D eigenvalue weighted by Crippen LogP contribution is -2.25. The van der Waals surface area contributed by atoms with Crippen molar-refractivity contribution >= 4 is 17.6 Å². The Bertz CT molecular complexity index is 636. The molecule has 130 valence electrons. The van der Waals surface area contributed by atoms with E-state index in [2.05, 4.69) is 0 Å². The highest BCUT2D eigenvalue weighted by Gasteiger charge is 2.31. The van der Waals surface area contributed by atoms with Crippen molar-refractivity contribution in [3.05, 3.63) is 41.6 Å². The number of hydrogen-bond acceptors (Lipinski definition) is 5. The van der Waals surface area contributed by atoms with Gasteiger partial charge in [-0.1, -0.05) is 0 Å². The molecule has 1 aliphatic carbocycles. The lowest BCUT2D eigenvalue weighted by molar-refractivity contribution is -0.146. The molecule has 1 saturated carbocycles. The molecule has 7 heteroatoms. The zero-order valence-electron chi connectivity index (χ0n) is 13.6. The van der Waals surface area contributed by atoms with Gasteiger partial charge >= 0.3 is 11.9 Å². The average molecular weight is 339 g/mol. The van der Waals surface area contributed by atoms with Crippen LogP contribution in [0.5, 0.6) is 0 Å². The monoisotopic (exact) mass is 339 g/mol. The van der Waals surface area contributed by atoms with E-state index < -0.39 is 23.6 Å². The zero-order chi connectivity index (χ0) is 17.7. The summed E-state index contributed by atoms with van der Waals surface area (Å²) in [5.41, 5.74) is 0.0674. The van der Waals surface area contributed by atoms with Crippen LogP contribution in [-0.4, -0.2) is 31.2 Å². The molecule has 2 rings (SSSR count). The molecule has 0 atom stereocenters. The standard InChI is InChI=1S/C17H19F2NO4/c1-3-23-16(21)13(17(22)24-4-2)10-20(11-5-6-11)12-7-8-14(18)15(19)9-12/h7-11H,3-6H2,1-2H3. The maximum absolute atomic E-state index is 13.5. The predicted octanol–water partition coefficient (Wildman–Crippen LogP) is 2.94. The number of ether oxygens (including phenoxy) is 2. The van der Waals surface area contributed by atoms with E-state index in [0.29, 0.717) is 5.69 Å². The number of halogens is 2. The first kappa shape index (κ1) is 17.9. The molecular formula is C17H19F2NO4. The Kier molecular flexibility index (Phi) is 5.89. The molecule has 0 saturated heterocycles. The molecule has 0 heterocycles. The third-order valence-corrected chi connectivity index (χ3v) is 3.40. The highest BCUT2D eigenvalue weighted by atomic mass is 19.2. The lowest BCUT2D eigenvalue weighted by atomic mass is 10.2. The predicted molar refractivity (Wildman–Crippen MR) is 83.2 cm³/mol. The van der Waals surface area contributed by atoms with E-state index in [1.54, 1.807) is 18.7 Å². The Morgan fingerprint density at radius 3 is 2.17 bits per heavy atom. The van der Waals surface area contributed by atoms with E-state index in [1.165, 1.54) is 12.3 Å². The minimum atomic E-state index is -1.000. The maximum atomic E-state index is 13.5. The molecule has 0 spiro atoms. The summed E-state index contributed by atoms with van der Waals surface area (Å²) < 4.78 is 36.4. The number of esters is 2. The van der Waals surface area contributed by atoms with Crippen molar-refractivity contribution in [1.29, 1.82) is 0 Å². The van der Waals surface area contributed by atoms with Crippen LogP contribution in [0.25, 0.3) is 0 Å². The Balaban J connectivity index is 2.38. The average Bonchev–Trinajstić information content (AvgIpc) is 3.36. The molecule has 1 aromatic carbocycles. The van der Waals surface area contributed by atoms with Crippen LogP contribution >= 0.6 is 0 Å². The van der Waals surface area contributed by atoms with Gasteiger partial charge in [-0.25, -0.2) is 18.4 Å². The number of carbonyl (C=O) groups excluding carboxylic acids is 2. The summed E-state index contributed by atoms with van der Waals surface area (Å²) in [6.07, 6.45) is 2.92. The minimum absolute atomic E-state index is 0.00807. The van der Waals surface area contributed by atoms with Crippen LogP contribution < -0.4 is 4.90 Å². The Morgan fingerprint density at radius 2 is 1.71 bits per heavy atom. The van der Waals surface area contributed by atoms with E-state index in [4.69, 9.17) is 9.47 Å². The van der Waals surface area contributed by atoms with Crippen LogP contribution in [0.1, 0.15) is 26.7 Å². The van der Waals surface area contributed by atoms with Gasteiger partial charge in [-0.3, -0.25) is 0 Å². The summed E-state index contributed by atoms with van der Waals surface area (Å²) in [5.74, 6) is -3.59. The Labute approximate surface area is 138 Å². The van der Waals surface area contributed by atoms with E-state index >= 15 is 0 Å². The van der Waals surface area contributed by atoms with Gasteiger partial charge in [-0.05, 0) is 38.8 Å². The summed E-state index contributed by atoms with van der Waals surface area (Å²) >= 11 is 0. The molecule has 1 fully saturated rings. The van der Waals surface area contributed by atoms with Crippen LogP contribution in [0.4, 0.5) is 14.5 Å². The first-order valence-corrected chi connectivity index (χ1v) is 7.77. The summed E-state index contributed by atoms with van der Waals surface area (Å²) in [4.78, 5) is 25.7. The fourth-order valence-electron chi connectivity index (χ4n) is 2.13. The molecule has 5 nitrogen and oxygen atoms in total. The molecule has 24 heavy (non-hydrogen) atoms. The van der Waals surface area contributed by atoms with Crippen LogP contribution in [-0.2, 0) is 19.1 Å². The lowest BCUT2D eigenvalue weighted by Gasteiger charge is -2.21. The largest absolute Gasteiger partial charge is 0.462 e. The number of hydrogen-bond donors (Lipinski definition) is 0. The molecule has 0 aromatic heterocycles. The third kappa shape index (κ3) is 4.31. The fraction of sp³-hybridized carbons (Fsp3) is 0.412. The van der Waals surface area contributed by atoms with Crippen LogP contribution in [0.15, 0.2) is 30.0 Å². The number of anilines is 1. The van der Waals surface area contributed by atoms with Crippen molar-refractivity contribution in [3.8, 4) is 0 Å². The molecule has 0 bridgehead atoms. The molecule has 0 unspecified atom stereocenters. The second kappa shape index (κ2) is 7.90. The van der Waals surface area contributed by atoms with Gasteiger partial charge in [0.2, 0.25) is 0 Å². The van der Waals surface area contributed by atoms with Gasteiger partial charge in [0.15, 0.2) is 17.2 Å². The molecule has 0 amide bonds. The molecule has 1 aromatic rings. The van der Waals surface area contributed by atoms with E-state index in [-0.39, 0.29) is 24.8 Å². The first-order valence-electron chi connectivity index (χ1n) is 7.77. The second-order valence-corrected chi connectivity index (χ2v) is 5.22. The third-order valence-electron chi connectivity index (χ3n) is 3.40. The maximum Gasteiger partial charge on any atom is 0.347 e. The quantitative estimate of drug-likeness (QED) is 0.331. The van der Waals surface area contributed by atoms with Crippen LogP contribution in [0.2, 0.25) is 0 Å². The van der Waals surface area contributed by atoms with Gasteiger partial charge in [0.05, 0.1) is 13.2 Å². The highest BCUT2D eigenvalue weighted by molar-refractivity contribution is 6.14. The van der Waals surface area contributed by atoms with Gasteiger partial charge in [0.1, 0.15) is 0 Å². The number of nitrogens with zero attached hydrogens (tertiary/aromatic N) is 1. The smallest absolute Gasteiger partial charge is 0.347 e. The van der Waals surface area contributed by atoms with Crippen molar-refractivity contribution in [2.45, 2.75) is 32.7 Å². The number of rotatable bonds is 7. The molecule has 1 aliphatic rings. The highest BCUT2D eigenvalue weighted by Crippen LogP contribution is 2.33. The normalized spacial score (nSPS) is 13.2. The fourth-order valence-corrected chi connectivity index (χ4v) is 2.13. The molecule has 0 N–H and O–H groups in total. The summed E-state index contributed by atoms with van der Waals surface area (Å²) in [7, 11) is 0. The topological polar surface area (TPSA) is 55.8 Å². The zero-order valence-corrected chi connectivity index (χ0v) is 13.6. The molecule has 0 radical (unpaired) electrons. The summed E-state index contributed by atoms with van der Waals surface area (Å²) in [5, 5.41) is 0. The minimum Gasteiger partial charge on any atom is -0.462 e. The van der Waals surface area contributed by atoms with Crippen LogP contribution in [0.3, 0.4) is 0 Å². The summed E-state index contributed by atoms with van der Waals surface area (Å²) in [6.45, 7) is 3.44. The van der Waals surface area contributed by atoms with Crippen molar-refractivity contribution in [3.63, 3.8) is 0 Å².